The highest BCUT2D eigenvalue weighted by Gasteiger charge is 2.22. The zero-order valence-electron chi connectivity index (χ0n) is 17.3. The van der Waals surface area contributed by atoms with E-state index >= 15 is 0 Å². The molecule has 0 aliphatic carbocycles. The summed E-state index contributed by atoms with van der Waals surface area (Å²) >= 11 is 0. The van der Waals surface area contributed by atoms with Crippen LogP contribution in [0.3, 0.4) is 0 Å². The highest BCUT2D eigenvalue weighted by molar-refractivity contribution is 5.28. The van der Waals surface area contributed by atoms with Gasteiger partial charge in [0.15, 0.2) is 0 Å². The maximum Gasteiger partial charge on any atom is 0.118 e. The summed E-state index contributed by atoms with van der Waals surface area (Å²) in [4.78, 5) is 7.42. The molecule has 4 rings (SSSR count). The van der Waals surface area contributed by atoms with Crippen LogP contribution in [0.1, 0.15) is 41.1 Å². The first-order chi connectivity index (χ1) is 14.3. The van der Waals surface area contributed by atoms with E-state index in [1.165, 1.54) is 41.8 Å². The number of ether oxygens (including phenoxy) is 1. The average molecular weight is 387 g/mol. The molecule has 1 unspecified atom stereocenters. The number of benzene rings is 2. The molecule has 3 heteroatoms. The van der Waals surface area contributed by atoms with Crippen molar-refractivity contribution in [2.24, 2.45) is 0 Å². The van der Waals surface area contributed by atoms with Gasteiger partial charge in [0.25, 0.3) is 0 Å². The van der Waals surface area contributed by atoms with Crippen LogP contribution in [-0.4, -0.2) is 36.6 Å². The lowest BCUT2D eigenvalue weighted by atomic mass is 9.93. The Kier molecular flexibility index (Phi) is 6.58. The van der Waals surface area contributed by atoms with Gasteiger partial charge in [-0.3, -0.25) is 4.98 Å². The van der Waals surface area contributed by atoms with E-state index < -0.39 is 0 Å². The minimum absolute atomic E-state index is 0.547. The Bertz CT molecular complexity index is 875. The van der Waals surface area contributed by atoms with E-state index in [2.05, 4.69) is 77.8 Å². The fourth-order valence-electron chi connectivity index (χ4n) is 4.19. The lowest BCUT2D eigenvalue weighted by molar-refractivity contribution is 0.208. The maximum absolute atomic E-state index is 5.25. The second-order valence-electron chi connectivity index (χ2n) is 7.99. The largest absolute Gasteiger partial charge is 0.497 e. The van der Waals surface area contributed by atoms with Gasteiger partial charge in [-0.1, -0.05) is 48.5 Å². The van der Waals surface area contributed by atoms with Gasteiger partial charge in [-0.2, -0.15) is 0 Å². The third kappa shape index (κ3) is 5.45. The molecule has 3 nitrogen and oxygen atoms in total. The second-order valence-corrected chi connectivity index (χ2v) is 7.99. The number of rotatable bonds is 7. The zero-order chi connectivity index (χ0) is 19.9. The summed E-state index contributed by atoms with van der Waals surface area (Å²) in [5.74, 6) is 1.47. The van der Waals surface area contributed by atoms with Crippen molar-refractivity contribution >= 4 is 0 Å². The molecule has 2 aromatic carbocycles. The normalized spacial score (nSPS) is 17.2. The summed E-state index contributed by atoms with van der Waals surface area (Å²) in [6, 6.07) is 23.6. The van der Waals surface area contributed by atoms with Crippen molar-refractivity contribution in [2.45, 2.75) is 31.6 Å². The van der Waals surface area contributed by atoms with Crippen LogP contribution in [0.5, 0.6) is 5.75 Å². The van der Waals surface area contributed by atoms with Gasteiger partial charge in [-0.05, 0) is 67.1 Å². The highest BCUT2D eigenvalue weighted by atomic mass is 16.5. The van der Waals surface area contributed by atoms with Gasteiger partial charge in [0.2, 0.25) is 0 Å². The first kappa shape index (κ1) is 19.7. The molecule has 1 saturated heterocycles. The predicted molar refractivity (Wildman–Crippen MR) is 119 cm³/mol. The van der Waals surface area contributed by atoms with E-state index in [-0.39, 0.29) is 0 Å². The third-order valence-corrected chi connectivity index (χ3v) is 5.90. The van der Waals surface area contributed by atoms with E-state index in [1.807, 2.05) is 0 Å². The van der Waals surface area contributed by atoms with Gasteiger partial charge >= 0.3 is 0 Å². The van der Waals surface area contributed by atoms with Crippen LogP contribution < -0.4 is 4.74 Å². The van der Waals surface area contributed by atoms with E-state index in [1.54, 1.807) is 7.11 Å². The maximum atomic E-state index is 5.25. The first-order valence-corrected chi connectivity index (χ1v) is 10.6. The molecule has 2 heterocycles. The number of pyridine rings is 1. The lowest BCUT2D eigenvalue weighted by Gasteiger charge is -2.32. The van der Waals surface area contributed by atoms with Crippen molar-refractivity contribution in [2.75, 3.05) is 26.7 Å². The van der Waals surface area contributed by atoms with Gasteiger partial charge in [0, 0.05) is 30.9 Å². The van der Waals surface area contributed by atoms with Crippen molar-refractivity contribution in [1.29, 1.82) is 0 Å². The van der Waals surface area contributed by atoms with Crippen LogP contribution in [-0.2, 0) is 12.8 Å². The summed E-state index contributed by atoms with van der Waals surface area (Å²) in [5.41, 5.74) is 5.24. The van der Waals surface area contributed by atoms with E-state index in [0.29, 0.717) is 5.92 Å². The van der Waals surface area contributed by atoms with Crippen LogP contribution in [0.25, 0.3) is 0 Å². The molecule has 0 amide bonds. The number of methoxy groups -OCH3 is 1. The highest BCUT2D eigenvalue weighted by Crippen LogP contribution is 2.26. The minimum Gasteiger partial charge on any atom is -0.497 e. The van der Waals surface area contributed by atoms with Crippen molar-refractivity contribution in [1.82, 2.24) is 9.88 Å². The van der Waals surface area contributed by atoms with Gasteiger partial charge in [0.1, 0.15) is 5.75 Å². The number of piperidine rings is 1. The molecular weight excluding hydrogens is 356 g/mol. The summed E-state index contributed by atoms with van der Waals surface area (Å²) in [7, 11) is 1.71. The molecule has 1 aliphatic rings. The van der Waals surface area contributed by atoms with Crippen molar-refractivity contribution in [3.8, 4) is 5.75 Å². The van der Waals surface area contributed by atoms with E-state index in [9.17, 15) is 0 Å². The predicted octanol–water partition coefficient (Wildman–Crippen LogP) is 5.10. The van der Waals surface area contributed by atoms with Crippen molar-refractivity contribution < 1.29 is 4.74 Å². The molecule has 1 atom stereocenters. The summed E-state index contributed by atoms with van der Waals surface area (Å²) in [6.45, 7) is 3.41. The molecule has 0 spiro atoms. The van der Waals surface area contributed by atoms with Crippen LogP contribution in [0.2, 0.25) is 0 Å². The first-order valence-electron chi connectivity index (χ1n) is 10.6. The van der Waals surface area contributed by atoms with Crippen LogP contribution in [0.15, 0.2) is 72.9 Å². The van der Waals surface area contributed by atoms with Crippen molar-refractivity contribution in [3.63, 3.8) is 0 Å². The van der Waals surface area contributed by atoms with Crippen LogP contribution in [0.4, 0.5) is 0 Å². The Balaban J connectivity index is 1.31. The molecule has 1 fully saturated rings. The number of aromatic nitrogens is 1. The summed E-state index contributed by atoms with van der Waals surface area (Å²) in [5, 5.41) is 0. The minimum atomic E-state index is 0.547. The van der Waals surface area contributed by atoms with Gasteiger partial charge in [0.05, 0.1) is 7.11 Å². The third-order valence-electron chi connectivity index (χ3n) is 5.90. The quantitative estimate of drug-likeness (QED) is 0.565. The molecule has 0 N–H and O–H groups in total. The van der Waals surface area contributed by atoms with Gasteiger partial charge in [-0.15, -0.1) is 0 Å². The molecule has 0 radical (unpaired) electrons. The smallest absolute Gasteiger partial charge is 0.118 e. The Morgan fingerprint density at radius 1 is 0.931 bits per heavy atom. The van der Waals surface area contributed by atoms with Gasteiger partial charge in [-0.25, -0.2) is 0 Å². The van der Waals surface area contributed by atoms with Crippen LogP contribution >= 0.6 is 0 Å². The topological polar surface area (TPSA) is 25.4 Å². The second kappa shape index (κ2) is 9.71. The summed E-state index contributed by atoms with van der Waals surface area (Å²) in [6.07, 6.45) is 6.59. The molecule has 3 aromatic rings. The Morgan fingerprint density at radius 2 is 1.72 bits per heavy atom. The Hall–Kier alpha value is -2.65. The number of likely N-dealkylation sites (tertiary alicyclic amines) is 1. The lowest BCUT2D eigenvalue weighted by Crippen LogP contribution is -2.36. The SMILES string of the molecule is COc1ccc(CCN2CCCC(c3ccc(Cc4ccccc4)cn3)C2)cc1. The Labute approximate surface area is 174 Å². The average Bonchev–Trinajstić information content (AvgIpc) is 2.79. The monoisotopic (exact) mass is 386 g/mol. The molecule has 0 bridgehead atoms. The van der Waals surface area contributed by atoms with E-state index in [0.717, 1.165) is 31.7 Å². The van der Waals surface area contributed by atoms with Crippen LogP contribution in [0, 0.1) is 0 Å². The standard InChI is InChI=1S/C26H30N2O/c1-29-25-12-9-21(10-13-25)15-17-28-16-5-8-24(20-28)26-14-11-23(19-27-26)18-22-6-3-2-4-7-22/h2-4,6-7,9-14,19,24H,5,8,15-18,20H2,1H3. The number of hydrogen-bond donors (Lipinski definition) is 0. The zero-order valence-corrected chi connectivity index (χ0v) is 17.3. The molecule has 0 saturated carbocycles. The van der Waals surface area contributed by atoms with E-state index in [4.69, 9.17) is 9.72 Å². The number of hydrogen-bond acceptors (Lipinski definition) is 3. The Morgan fingerprint density at radius 3 is 2.45 bits per heavy atom. The fourth-order valence-corrected chi connectivity index (χ4v) is 4.19. The molecule has 150 valence electrons. The number of nitrogens with zero attached hydrogens (tertiary/aromatic N) is 2. The molecule has 1 aromatic heterocycles. The fraction of sp³-hybridized carbons (Fsp3) is 0.346. The van der Waals surface area contributed by atoms with Crippen molar-refractivity contribution in [3.05, 3.63) is 95.3 Å². The molecule has 1 aliphatic heterocycles. The molecular formula is C26H30N2O. The van der Waals surface area contributed by atoms with Gasteiger partial charge < -0.3 is 9.64 Å². The summed E-state index contributed by atoms with van der Waals surface area (Å²) < 4.78 is 5.25. The molecule has 29 heavy (non-hydrogen) atoms.